The number of hydrogen-bond acceptors (Lipinski definition) is 2. The van der Waals surface area contributed by atoms with Gasteiger partial charge >= 0.3 is 0 Å². The molecule has 0 atom stereocenters. The molecule has 0 amide bonds. The van der Waals surface area contributed by atoms with Gasteiger partial charge in [0.1, 0.15) is 11.3 Å². The first-order chi connectivity index (χ1) is 6.36. The van der Waals surface area contributed by atoms with Crippen LogP contribution in [-0.2, 0) is 16.0 Å². The van der Waals surface area contributed by atoms with Gasteiger partial charge in [0, 0.05) is 5.69 Å². The molecule has 1 N–H and O–H groups in total. The van der Waals surface area contributed by atoms with E-state index in [9.17, 15) is 4.21 Å². The van der Waals surface area contributed by atoms with Gasteiger partial charge in [-0.2, -0.15) is 0 Å². The van der Waals surface area contributed by atoms with Crippen LogP contribution in [-0.4, -0.2) is 16.0 Å². The first kappa shape index (κ1) is 9.95. The third-order valence-corrected chi connectivity index (χ3v) is 1.74. The lowest BCUT2D eigenvalue weighted by molar-refractivity contribution is 0.335. The van der Waals surface area contributed by atoms with Crippen LogP contribution in [0.1, 0.15) is 6.92 Å². The van der Waals surface area contributed by atoms with E-state index < -0.39 is 0 Å². The summed E-state index contributed by atoms with van der Waals surface area (Å²) >= 11 is 0.323. The van der Waals surface area contributed by atoms with Crippen LogP contribution < -0.4 is 5.32 Å². The van der Waals surface area contributed by atoms with Gasteiger partial charge in [-0.1, -0.05) is 18.2 Å². The van der Waals surface area contributed by atoms with Crippen molar-refractivity contribution in [3.63, 3.8) is 0 Å². The second-order valence-electron chi connectivity index (χ2n) is 2.29. The summed E-state index contributed by atoms with van der Waals surface area (Å²) < 4.78 is 15.6. The molecule has 1 rings (SSSR count). The van der Waals surface area contributed by atoms with E-state index in [1.807, 2.05) is 37.3 Å². The van der Waals surface area contributed by atoms with Crippen molar-refractivity contribution >= 4 is 22.1 Å². The molecule has 0 unspecified atom stereocenters. The minimum Gasteiger partial charge on any atom is -0.325 e. The smallest absolute Gasteiger partial charge is 0.243 e. The molecule has 13 heavy (non-hydrogen) atoms. The van der Waals surface area contributed by atoms with Crippen molar-refractivity contribution in [3.8, 4) is 0 Å². The molecular weight excluding hydrogens is 186 g/mol. The number of benzene rings is 1. The monoisotopic (exact) mass is 197 g/mol. The van der Waals surface area contributed by atoms with E-state index >= 15 is 0 Å². The number of rotatable bonds is 2. The molecule has 1 aromatic carbocycles. The van der Waals surface area contributed by atoms with E-state index in [1.165, 1.54) is 0 Å². The Morgan fingerprint density at radius 3 is 2.69 bits per heavy atom. The quantitative estimate of drug-likeness (QED) is 0.729. The molecule has 0 heterocycles. The Morgan fingerprint density at radius 2 is 2.15 bits per heavy atom. The van der Waals surface area contributed by atoms with Gasteiger partial charge in [-0.25, -0.2) is 4.21 Å². The molecule has 0 saturated carbocycles. The van der Waals surface area contributed by atoms with Crippen LogP contribution in [0.15, 0.2) is 30.3 Å². The van der Waals surface area contributed by atoms with E-state index in [1.54, 1.807) is 0 Å². The van der Waals surface area contributed by atoms with Crippen molar-refractivity contribution in [1.29, 1.82) is 0 Å². The Labute approximate surface area is 80.8 Å². The molecule has 0 saturated heterocycles. The summed E-state index contributed by atoms with van der Waals surface area (Å²) in [5, 5.41) is 3.16. The molecule has 3 nitrogen and oxygen atoms in total. The van der Waals surface area contributed by atoms with Gasteiger partial charge < -0.3 is 10.1 Å². The molecule has 0 radical (unpaired) electrons. The van der Waals surface area contributed by atoms with Gasteiger partial charge in [0.25, 0.3) is 0 Å². The molecule has 0 bridgehead atoms. The number of anilines is 1. The molecule has 0 aliphatic rings. The zero-order valence-corrected chi connectivity index (χ0v) is 8.14. The number of hydrogen-bond donors (Lipinski definition) is 1. The maximum absolute atomic E-state index is 10.5. The predicted octanol–water partition coefficient (Wildman–Crippen LogP) is 1.44. The summed E-state index contributed by atoms with van der Waals surface area (Å²) in [6, 6.07) is 9.43. The van der Waals surface area contributed by atoms with Gasteiger partial charge in [-0.15, -0.1) is 0 Å². The Bertz CT molecular complexity index is 307. The van der Waals surface area contributed by atoms with E-state index in [0.29, 0.717) is 17.9 Å². The number of ether oxygens (including phenoxy) is 1. The van der Waals surface area contributed by atoms with Crippen LogP contribution in [0.4, 0.5) is 5.69 Å². The molecule has 0 aliphatic heterocycles. The average Bonchev–Trinajstić information content (AvgIpc) is 2.19. The van der Waals surface area contributed by atoms with Crippen molar-refractivity contribution in [1.82, 2.24) is 0 Å². The van der Waals surface area contributed by atoms with Gasteiger partial charge in [-0.05, 0) is 19.1 Å². The van der Waals surface area contributed by atoms with E-state index in [0.717, 1.165) is 5.69 Å². The van der Waals surface area contributed by atoms with Crippen LogP contribution in [0.2, 0.25) is 0 Å². The Morgan fingerprint density at radius 1 is 1.46 bits per heavy atom. The minimum absolute atomic E-state index is 0.286. The fourth-order valence-corrected chi connectivity index (χ4v) is 1.18. The number of para-hydroxylation sites is 1. The summed E-state index contributed by atoms with van der Waals surface area (Å²) in [4.78, 5) is 0. The van der Waals surface area contributed by atoms with Crippen molar-refractivity contribution < 1.29 is 8.95 Å². The van der Waals surface area contributed by atoms with Gasteiger partial charge in [0.15, 0.2) is 0 Å². The van der Waals surface area contributed by atoms with E-state index in [2.05, 4.69) is 5.32 Å². The van der Waals surface area contributed by atoms with Crippen molar-refractivity contribution in [2.45, 2.75) is 6.92 Å². The molecule has 0 aromatic heterocycles. The molecule has 1 aromatic rings. The maximum Gasteiger partial charge on any atom is 0.243 e. The van der Waals surface area contributed by atoms with Gasteiger partial charge in [-0.3, -0.25) is 0 Å². The minimum atomic E-state index is 0.286. The third kappa shape index (κ3) is 3.40. The zero-order chi connectivity index (χ0) is 9.52. The summed E-state index contributed by atoms with van der Waals surface area (Å²) in [6.45, 7) is 2.33. The first-order valence-corrected chi connectivity index (χ1v) is 4.72. The maximum atomic E-state index is 10.5. The van der Waals surface area contributed by atoms with Crippen molar-refractivity contribution in [2.24, 2.45) is 0 Å². The lowest BCUT2D eigenvalue weighted by Gasteiger charge is -2.05. The fourth-order valence-electron chi connectivity index (χ4n) is 0.851. The lowest BCUT2D eigenvalue weighted by Crippen LogP contribution is -2.15. The van der Waals surface area contributed by atoms with Crippen LogP contribution in [0.25, 0.3) is 0 Å². The number of nitrogens with one attached hydrogen (secondary N) is 1. The predicted molar refractivity (Wildman–Crippen MR) is 54.8 cm³/mol. The van der Waals surface area contributed by atoms with Crippen LogP contribution in [0, 0.1) is 0 Å². The summed E-state index contributed by atoms with van der Waals surface area (Å²) in [5.41, 5.74) is 0.856. The Balaban J connectivity index is 2.63. The summed E-state index contributed by atoms with van der Waals surface area (Å²) in [7, 11) is 0. The normalized spacial score (nSPS) is 9.31. The summed E-state index contributed by atoms with van der Waals surface area (Å²) in [6.07, 6.45) is 0. The van der Waals surface area contributed by atoms with Gasteiger partial charge in [0.05, 0.1) is 6.61 Å². The second kappa shape index (κ2) is 5.50. The highest BCUT2D eigenvalue weighted by atomic mass is 32.1. The molecule has 4 heteroatoms. The third-order valence-electron chi connectivity index (χ3n) is 1.37. The molecule has 0 spiro atoms. The average molecular weight is 197 g/mol. The highest BCUT2D eigenvalue weighted by Gasteiger charge is 1.96. The SMILES string of the molecule is CCOC(Nc1ccccc1)=S=O. The lowest BCUT2D eigenvalue weighted by atomic mass is 10.3. The Hall–Kier alpha value is -1.13. The Kier molecular flexibility index (Phi) is 4.21. The highest BCUT2D eigenvalue weighted by molar-refractivity contribution is 7.66. The van der Waals surface area contributed by atoms with E-state index in [-0.39, 0.29) is 5.17 Å². The van der Waals surface area contributed by atoms with E-state index in [4.69, 9.17) is 4.74 Å². The molecule has 0 aliphatic carbocycles. The largest absolute Gasteiger partial charge is 0.325 e. The van der Waals surface area contributed by atoms with Crippen molar-refractivity contribution in [3.05, 3.63) is 30.3 Å². The first-order valence-electron chi connectivity index (χ1n) is 3.98. The topological polar surface area (TPSA) is 38.3 Å². The second-order valence-corrected chi connectivity index (χ2v) is 2.83. The standard InChI is InChI=1S/C9H11NO2S/c1-2-12-9(13-11)10-8-6-4-3-5-7-8/h3-7,10H,2H2,1H3. The van der Waals surface area contributed by atoms with Crippen LogP contribution in [0.3, 0.4) is 0 Å². The van der Waals surface area contributed by atoms with Crippen molar-refractivity contribution in [2.75, 3.05) is 11.9 Å². The zero-order valence-electron chi connectivity index (χ0n) is 7.32. The molecule has 70 valence electrons. The molecular formula is C9H11NO2S. The van der Waals surface area contributed by atoms with Gasteiger partial charge in [0.2, 0.25) is 5.17 Å². The fraction of sp³-hybridized carbons (Fsp3) is 0.222. The van der Waals surface area contributed by atoms with Crippen LogP contribution >= 0.6 is 0 Å². The molecule has 0 fully saturated rings. The van der Waals surface area contributed by atoms with Crippen LogP contribution in [0.5, 0.6) is 0 Å². The summed E-state index contributed by atoms with van der Waals surface area (Å²) in [5.74, 6) is 0. The highest BCUT2D eigenvalue weighted by Crippen LogP contribution is 2.04.